The summed E-state index contributed by atoms with van der Waals surface area (Å²) >= 11 is 5.00. The topological polar surface area (TPSA) is 46.3 Å². The third kappa shape index (κ3) is 2.21. The highest BCUT2D eigenvalue weighted by Gasteiger charge is 2.54. The van der Waals surface area contributed by atoms with E-state index in [1.165, 1.54) is 0 Å². The minimum absolute atomic E-state index is 0.0662. The van der Waals surface area contributed by atoms with E-state index in [0.717, 1.165) is 12.8 Å². The average molecular weight is 242 g/mol. The van der Waals surface area contributed by atoms with Crippen molar-refractivity contribution in [2.75, 3.05) is 7.05 Å². The van der Waals surface area contributed by atoms with Crippen molar-refractivity contribution < 1.29 is 4.79 Å². The first-order valence-corrected chi connectivity index (χ1v) is 6.11. The molecule has 1 saturated carbocycles. The van der Waals surface area contributed by atoms with Crippen molar-refractivity contribution >= 4 is 23.1 Å². The zero-order valence-corrected chi connectivity index (χ0v) is 11.6. The van der Waals surface area contributed by atoms with Gasteiger partial charge in [-0.15, -0.1) is 0 Å². The maximum absolute atomic E-state index is 12.3. The lowest BCUT2D eigenvalue weighted by Gasteiger charge is -2.37. The Labute approximate surface area is 103 Å². The molecule has 0 aromatic rings. The molecule has 1 fully saturated rings. The van der Waals surface area contributed by atoms with Gasteiger partial charge < -0.3 is 10.6 Å². The fraction of sp³-hybridized carbons (Fsp3) is 0.833. The number of thiocarbonyl (C=S) groups is 1. The van der Waals surface area contributed by atoms with Crippen LogP contribution in [0.15, 0.2) is 0 Å². The fourth-order valence-electron chi connectivity index (χ4n) is 1.79. The molecular weight excluding hydrogens is 220 g/mol. The molecule has 1 atom stereocenters. The normalized spacial score (nSPS) is 20.1. The third-order valence-electron chi connectivity index (χ3n) is 3.79. The Bertz CT molecular complexity index is 315. The number of amides is 1. The van der Waals surface area contributed by atoms with Crippen LogP contribution in [0.1, 0.15) is 40.5 Å². The molecule has 0 bridgehead atoms. The number of nitrogens with zero attached hydrogens (tertiary/aromatic N) is 1. The van der Waals surface area contributed by atoms with Crippen LogP contribution in [0, 0.1) is 10.8 Å². The van der Waals surface area contributed by atoms with E-state index in [1.54, 1.807) is 4.90 Å². The van der Waals surface area contributed by atoms with Gasteiger partial charge in [-0.05, 0) is 25.2 Å². The summed E-state index contributed by atoms with van der Waals surface area (Å²) in [6.45, 7) is 8.44. The van der Waals surface area contributed by atoms with Gasteiger partial charge in [0, 0.05) is 13.1 Å². The van der Waals surface area contributed by atoms with Crippen molar-refractivity contribution in [3.63, 3.8) is 0 Å². The van der Waals surface area contributed by atoms with Crippen LogP contribution in [0.5, 0.6) is 0 Å². The van der Waals surface area contributed by atoms with Gasteiger partial charge in [0.1, 0.15) is 0 Å². The van der Waals surface area contributed by atoms with Crippen LogP contribution < -0.4 is 5.73 Å². The molecule has 1 aliphatic carbocycles. The van der Waals surface area contributed by atoms with E-state index >= 15 is 0 Å². The zero-order chi connectivity index (χ0) is 12.7. The summed E-state index contributed by atoms with van der Waals surface area (Å²) in [5, 5.41) is 0. The number of hydrogen-bond acceptors (Lipinski definition) is 2. The third-order valence-corrected chi connectivity index (χ3v) is 4.18. The van der Waals surface area contributed by atoms with Gasteiger partial charge in [-0.1, -0.05) is 33.0 Å². The Morgan fingerprint density at radius 2 is 1.88 bits per heavy atom. The lowest BCUT2D eigenvalue weighted by molar-refractivity contribution is -0.136. The molecule has 0 radical (unpaired) electrons. The van der Waals surface area contributed by atoms with Gasteiger partial charge >= 0.3 is 0 Å². The number of carbonyl (C=O) groups excluding carboxylic acids is 1. The van der Waals surface area contributed by atoms with Crippen LogP contribution in [0.3, 0.4) is 0 Å². The average Bonchev–Trinajstić information content (AvgIpc) is 2.93. The van der Waals surface area contributed by atoms with E-state index in [0.29, 0.717) is 4.99 Å². The smallest absolute Gasteiger partial charge is 0.235 e. The summed E-state index contributed by atoms with van der Waals surface area (Å²) in [4.78, 5) is 14.5. The first-order chi connectivity index (χ1) is 7.13. The lowest BCUT2D eigenvalue weighted by atomic mass is 9.86. The van der Waals surface area contributed by atoms with E-state index < -0.39 is 5.41 Å². The molecule has 0 spiro atoms. The summed E-state index contributed by atoms with van der Waals surface area (Å²) in [6, 6.07) is 0.173. The van der Waals surface area contributed by atoms with Gasteiger partial charge in [0.05, 0.1) is 10.4 Å². The Morgan fingerprint density at radius 3 is 2.12 bits per heavy atom. The van der Waals surface area contributed by atoms with Crippen LogP contribution in [-0.4, -0.2) is 28.9 Å². The predicted molar refractivity (Wildman–Crippen MR) is 70.1 cm³/mol. The molecular formula is C12H22N2OS. The van der Waals surface area contributed by atoms with E-state index in [1.807, 2.05) is 7.05 Å². The Balaban J connectivity index is 2.80. The van der Waals surface area contributed by atoms with Crippen molar-refractivity contribution in [1.82, 2.24) is 4.90 Å². The number of nitrogens with two attached hydrogens (primary N) is 1. The molecule has 1 aliphatic rings. The van der Waals surface area contributed by atoms with E-state index in [4.69, 9.17) is 18.0 Å². The molecule has 16 heavy (non-hydrogen) atoms. The molecule has 0 aromatic heterocycles. The van der Waals surface area contributed by atoms with E-state index in [9.17, 15) is 4.79 Å². The summed E-state index contributed by atoms with van der Waals surface area (Å²) in [5.74, 6) is 0.0856. The Morgan fingerprint density at radius 1 is 1.44 bits per heavy atom. The second-order valence-electron chi connectivity index (χ2n) is 5.90. The largest absolute Gasteiger partial charge is 0.392 e. The van der Waals surface area contributed by atoms with Crippen LogP contribution in [0.2, 0.25) is 0 Å². The standard InChI is InChI=1S/C12H22N2OS/c1-8(11(2,3)4)14(5)10(15)12(6-7-12)9(13)16/h8H,6-7H2,1-5H3,(H2,13,16). The lowest BCUT2D eigenvalue weighted by Crippen LogP contribution is -2.48. The van der Waals surface area contributed by atoms with Gasteiger partial charge in [0.25, 0.3) is 0 Å². The van der Waals surface area contributed by atoms with Crippen LogP contribution in [0.25, 0.3) is 0 Å². The molecule has 1 rings (SSSR count). The highest BCUT2D eigenvalue weighted by atomic mass is 32.1. The molecule has 0 heterocycles. The molecule has 2 N–H and O–H groups in total. The second kappa shape index (κ2) is 3.99. The van der Waals surface area contributed by atoms with Crippen molar-refractivity contribution in [1.29, 1.82) is 0 Å². The maximum Gasteiger partial charge on any atom is 0.235 e. The molecule has 3 nitrogen and oxygen atoms in total. The zero-order valence-electron chi connectivity index (χ0n) is 10.8. The highest BCUT2D eigenvalue weighted by molar-refractivity contribution is 7.80. The molecule has 0 saturated heterocycles. The van der Waals surface area contributed by atoms with Gasteiger partial charge in [-0.2, -0.15) is 0 Å². The van der Waals surface area contributed by atoms with Crippen LogP contribution in [0.4, 0.5) is 0 Å². The molecule has 4 heteroatoms. The molecule has 1 unspecified atom stereocenters. The number of hydrogen-bond donors (Lipinski definition) is 1. The minimum atomic E-state index is -0.524. The van der Waals surface area contributed by atoms with Gasteiger partial charge in [-0.3, -0.25) is 4.79 Å². The maximum atomic E-state index is 12.3. The van der Waals surface area contributed by atoms with Crippen molar-refractivity contribution in [2.24, 2.45) is 16.6 Å². The summed E-state index contributed by atoms with van der Waals surface area (Å²) in [5.41, 5.74) is 5.21. The summed E-state index contributed by atoms with van der Waals surface area (Å²) in [7, 11) is 1.84. The van der Waals surface area contributed by atoms with Crippen molar-refractivity contribution in [3.05, 3.63) is 0 Å². The van der Waals surface area contributed by atoms with Crippen LogP contribution >= 0.6 is 12.2 Å². The first-order valence-electron chi connectivity index (χ1n) is 5.70. The van der Waals surface area contributed by atoms with E-state index in [-0.39, 0.29) is 17.4 Å². The van der Waals surface area contributed by atoms with Gasteiger partial charge in [0.15, 0.2) is 0 Å². The monoisotopic (exact) mass is 242 g/mol. The van der Waals surface area contributed by atoms with Crippen molar-refractivity contribution in [2.45, 2.75) is 46.6 Å². The van der Waals surface area contributed by atoms with Gasteiger partial charge in [0.2, 0.25) is 5.91 Å². The fourth-order valence-corrected chi connectivity index (χ4v) is 2.08. The van der Waals surface area contributed by atoms with Gasteiger partial charge in [-0.25, -0.2) is 0 Å². The number of rotatable bonds is 3. The molecule has 1 amide bonds. The highest BCUT2D eigenvalue weighted by Crippen LogP contribution is 2.48. The minimum Gasteiger partial charge on any atom is -0.392 e. The summed E-state index contributed by atoms with van der Waals surface area (Å²) in [6.07, 6.45) is 1.62. The summed E-state index contributed by atoms with van der Waals surface area (Å²) < 4.78 is 0. The second-order valence-corrected chi connectivity index (χ2v) is 6.34. The first kappa shape index (κ1) is 13.4. The Kier molecular flexibility index (Phi) is 3.34. The quantitative estimate of drug-likeness (QED) is 0.769. The molecule has 0 aromatic carbocycles. The predicted octanol–water partition coefficient (Wildman–Crippen LogP) is 1.95. The molecule has 92 valence electrons. The molecule has 0 aliphatic heterocycles. The van der Waals surface area contributed by atoms with Crippen molar-refractivity contribution in [3.8, 4) is 0 Å². The number of carbonyl (C=O) groups is 1. The Hall–Kier alpha value is -0.640. The SMILES string of the molecule is CC(N(C)C(=O)C1(C(N)=S)CC1)C(C)(C)C. The van der Waals surface area contributed by atoms with Crippen LogP contribution in [-0.2, 0) is 4.79 Å². The van der Waals surface area contributed by atoms with E-state index in [2.05, 4.69) is 27.7 Å².